The fraction of sp³-hybridized carbons (Fsp3) is 0.500. The fourth-order valence-electron chi connectivity index (χ4n) is 1.81. The van der Waals surface area contributed by atoms with Crippen LogP contribution in [0.2, 0.25) is 0 Å². The van der Waals surface area contributed by atoms with E-state index in [1.54, 1.807) is 12.1 Å². The standard InChI is InChI=1S/C12H18N2O2/c1-3-4-11(13)8-10-7-9(2)5-6-12(10)14(15)16/h5-7,11H,3-4,8,13H2,1-2H3. The summed E-state index contributed by atoms with van der Waals surface area (Å²) in [5, 5.41) is 10.8. The Morgan fingerprint density at radius 2 is 2.19 bits per heavy atom. The molecule has 1 rings (SSSR count). The Morgan fingerprint density at radius 3 is 2.75 bits per heavy atom. The van der Waals surface area contributed by atoms with Gasteiger partial charge in [-0.15, -0.1) is 0 Å². The zero-order valence-corrected chi connectivity index (χ0v) is 9.77. The first-order valence-corrected chi connectivity index (χ1v) is 5.54. The first kappa shape index (κ1) is 12.6. The molecule has 0 heterocycles. The van der Waals surface area contributed by atoms with Gasteiger partial charge in [0.25, 0.3) is 5.69 Å². The summed E-state index contributed by atoms with van der Waals surface area (Å²) in [6.07, 6.45) is 2.47. The Labute approximate surface area is 95.6 Å². The molecular formula is C12H18N2O2. The lowest BCUT2D eigenvalue weighted by molar-refractivity contribution is -0.385. The lowest BCUT2D eigenvalue weighted by Crippen LogP contribution is -2.22. The molecule has 0 aliphatic rings. The van der Waals surface area contributed by atoms with Crippen LogP contribution in [0.3, 0.4) is 0 Å². The molecule has 0 bridgehead atoms. The summed E-state index contributed by atoms with van der Waals surface area (Å²) in [6, 6.07) is 5.18. The minimum absolute atomic E-state index is 0.00509. The van der Waals surface area contributed by atoms with Crippen LogP contribution in [0.25, 0.3) is 0 Å². The first-order valence-electron chi connectivity index (χ1n) is 5.54. The zero-order valence-electron chi connectivity index (χ0n) is 9.77. The van der Waals surface area contributed by atoms with Crippen molar-refractivity contribution in [2.24, 2.45) is 5.73 Å². The number of hydrogen-bond donors (Lipinski definition) is 1. The van der Waals surface area contributed by atoms with Gasteiger partial charge in [0.1, 0.15) is 0 Å². The van der Waals surface area contributed by atoms with Crippen molar-refractivity contribution in [3.8, 4) is 0 Å². The molecule has 88 valence electrons. The minimum atomic E-state index is -0.340. The molecule has 0 radical (unpaired) electrons. The molecule has 4 nitrogen and oxygen atoms in total. The van der Waals surface area contributed by atoms with Gasteiger partial charge >= 0.3 is 0 Å². The van der Waals surface area contributed by atoms with E-state index in [0.717, 1.165) is 24.0 Å². The molecule has 0 amide bonds. The van der Waals surface area contributed by atoms with E-state index in [1.807, 2.05) is 13.0 Å². The predicted octanol–water partition coefficient (Wildman–Crippen LogP) is 2.57. The van der Waals surface area contributed by atoms with Crippen LogP contribution in [0.15, 0.2) is 18.2 Å². The van der Waals surface area contributed by atoms with E-state index >= 15 is 0 Å². The molecule has 0 aliphatic carbocycles. The third kappa shape index (κ3) is 3.31. The van der Waals surface area contributed by atoms with Gasteiger partial charge in [-0.3, -0.25) is 10.1 Å². The molecule has 16 heavy (non-hydrogen) atoms. The summed E-state index contributed by atoms with van der Waals surface area (Å²) in [5.41, 5.74) is 7.86. The topological polar surface area (TPSA) is 69.2 Å². The Balaban J connectivity index is 2.92. The lowest BCUT2D eigenvalue weighted by Gasteiger charge is -2.10. The van der Waals surface area contributed by atoms with E-state index in [1.165, 1.54) is 0 Å². The maximum atomic E-state index is 10.8. The van der Waals surface area contributed by atoms with Crippen LogP contribution in [0.4, 0.5) is 5.69 Å². The van der Waals surface area contributed by atoms with Gasteiger partial charge < -0.3 is 5.73 Å². The third-order valence-electron chi connectivity index (χ3n) is 2.57. The van der Waals surface area contributed by atoms with Crippen molar-refractivity contribution in [1.82, 2.24) is 0 Å². The van der Waals surface area contributed by atoms with Crippen molar-refractivity contribution in [1.29, 1.82) is 0 Å². The molecule has 4 heteroatoms. The average molecular weight is 222 g/mol. The Bertz CT molecular complexity index is 377. The van der Waals surface area contributed by atoms with Gasteiger partial charge in [-0.2, -0.15) is 0 Å². The van der Waals surface area contributed by atoms with E-state index in [2.05, 4.69) is 6.92 Å². The quantitative estimate of drug-likeness (QED) is 0.615. The van der Waals surface area contributed by atoms with Gasteiger partial charge in [0.05, 0.1) is 4.92 Å². The second kappa shape index (κ2) is 5.61. The summed E-state index contributed by atoms with van der Waals surface area (Å²) in [7, 11) is 0. The number of aryl methyl sites for hydroxylation is 1. The molecule has 2 N–H and O–H groups in total. The fourth-order valence-corrected chi connectivity index (χ4v) is 1.81. The van der Waals surface area contributed by atoms with Gasteiger partial charge in [-0.1, -0.05) is 25.0 Å². The minimum Gasteiger partial charge on any atom is -0.327 e. The van der Waals surface area contributed by atoms with Crippen LogP contribution in [0.5, 0.6) is 0 Å². The molecule has 0 spiro atoms. The van der Waals surface area contributed by atoms with Crippen molar-refractivity contribution in [2.75, 3.05) is 0 Å². The molecule has 0 aromatic heterocycles. The number of rotatable bonds is 5. The molecular weight excluding hydrogens is 204 g/mol. The van der Waals surface area contributed by atoms with Crippen molar-refractivity contribution in [3.05, 3.63) is 39.4 Å². The van der Waals surface area contributed by atoms with Crippen LogP contribution in [-0.4, -0.2) is 11.0 Å². The van der Waals surface area contributed by atoms with Crippen molar-refractivity contribution >= 4 is 5.69 Å². The summed E-state index contributed by atoms with van der Waals surface area (Å²) in [6.45, 7) is 3.99. The van der Waals surface area contributed by atoms with Crippen molar-refractivity contribution in [2.45, 2.75) is 39.2 Å². The number of nitro benzene ring substituents is 1. The van der Waals surface area contributed by atoms with E-state index in [4.69, 9.17) is 5.73 Å². The highest BCUT2D eigenvalue weighted by atomic mass is 16.6. The maximum Gasteiger partial charge on any atom is 0.272 e. The highest BCUT2D eigenvalue weighted by Gasteiger charge is 2.15. The van der Waals surface area contributed by atoms with Crippen molar-refractivity contribution in [3.63, 3.8) is 0 Å². The lowest BCUT2D eigenvalue weighted by atomic mass is 10.00. The summed E-state index contributed by atoms with van der Waals surface area (Å²) >= 11 is 0. The largest absolute Gasteiger partial charge is 0.327 e. The second-order valence-electron chi connectivity index (χ2n) is 4.14. The molecule has 0 saturated heterocycles. The molecule has 0 saturated carbocycles. The van der Waals surface area contributed by atoms with E-state index in [0.29, 0.717) is 6.42 Å². The monoisotopic (exact) mass is 222 g/mol. The van der Waals surface area contributed by atoms with Crippen LogP contribution in [0, 0.1) is 17.0 Å². The molecule has 1 unspecified atom stereocenters. The zero-order chi connectivity index (χ0) is 12.1. The van der Waals surface area contributed by atoms with Gasteiger partial charge in [0.15, 0.2) is 0 Å². The first-order chi connectivity index (χ1) is 7.54. The van der Waals surface area contributed by atoms with Gasteiger partial charge in [-0.25, -0.2) is 0 Å². The predicted molar refractivity (Wildman–Crippen MR) is 64.4 cm³/mol. The van der Waals surface area contributed by atoms with Gasteiger partial charge in [0, 0.05) is 17.7 Å². The summed E-state index contributed by atoms with van der Waals surface area (Å²) in [5.74, 6) is 0. The van der Waals surface area contributed by atoms with Crippen LogP contribution in [-0.2, 0) is 6.42 Å². The van der Waals surface area contributed by atoms with E-state index < -0.39 is 0 Å². The Kier molecular flexibility index (Phi) is 4.43. The molecule has 1 atom stereocenters. The second-order valence-corrected chi connectivity index (χ2v) is 4.14. The summed E-state index contributed by atoms with van der Waals surface area (Å²) in [4.78, 5) is 10.5. The smallest absolute Gasteiger partial charge is 0.272 e. The highest BCUT2D eigenvalue weighted by Crippen LogP contribution is 2.21. The maximum absolute atomic E-state index is 10.8. The molecule has 1 aromatic carbocycles. The number of nitrogens with zero attached hydrogens (tertiary/aromatic N) is 1. The van der Waals surface area contributed by atoms with Crippen molar-refractivity contribution < 1.29 is 4.92 Å². The third-order valence-corrected chi connectivity index (χ3v) is 2.57. The SMILES string of the molecule is CCCC(N)Cc1cc(C)ccc1[N+](=O)[O-]. The Morgan fingerprint density at radius 1 is 1.50 bits per heavy atom. The van der Waals surface area contributed by atoms with Crippen LogP contribution < -0.4 is 5.73 Å². The molecule has 1 aromatic rings. The van der Waals surface area contributed by atoms with Gasteiger partial charge in [0.2, 0.25) is 0 Å². The normalized spacial score (nSPS) is 12.4. The number of hydrogen-bond acceptors (Lipinski definition) is 3. The molecule has 0 fully saturated rings. The number of nitrogens with two attached hydrogens (primary N) is 1. The average Bonchev–Trinajstić information content (AvgIpc) is 2.17. The van der Waals surface area contributed by atoms with E-state index in [9.17, 15) is 10.1 Å². The van der Waals surface area contributed by atoms with Crippen LogP contribution in [0.1, 0.15) is 30.9 Å². The number of nitro groups is 1. The Hall–Kier alpha value is -1.42. The van der Waals surface area contributed by atoms with Crippen LogP contribution >= 0.6 is 0 Å². The highest BCUT2D eigenvalue weighted by molar-refractivity contribution is 5.43. The molecule has 0 aliphatic heterocycles. The van der Waals surface area contributed by atoms with Gasteiger partial charge in [-0.05, 0) is 25.8 Å². The summed E-state index contributed by atoms with van der Waals surface area (Å²) < 4.78 is 0. The number of benzene rings is 1. The van der Waals surface area contributed by atoms with E-state index in [-0.39, 0.29) is 16.7 Å².